The molecule has 1 amide bonds. The lowest BCUT2D eigenvalue weighted by Crippen LogP contribution is -2.54. The van der Waals surface area contributed by atoms with Crippen molar-refractivity contribution in [2.45, 2.75) is 57.5 Å². The molecule has 2 aromatic heterocycles. The van der Waals surface area contributed by atoms with Gasteiger partial charge in [0.2, 0.25) is 0 Å². The SMILES string of the molecule is Cc1cnn(Cc2cc(C(=O)NC3(C(=O)O)CCCCCC3)no2)c1. The average Bonchev–Trinajstić information content (AvgIpc) is 3.12. The molecule has 2 aromatic rings. The molecule has 3 rings (SSSR count). The van der Waals surface area contributed by atoms with Crippen LogP contribution < -0.4 is 5.32 Å². The molecule has 2 heterocycles. The highest BCUT2D eigenvalue weighted by Crippen LogP contribution is 2.28. The van der Waals surface area contributed by atoms with Crippen LogP contribution in [0.5, 0.6) is 0 Å². The normalized spacial score (nSPS) is 17.0. The van der Waals surface area contributed by atoms with Crippen LogP contribution in [-0.2, 0) is 11.3 Å². The molecule has 1 saturated carbocycles. The van der Waals surface area contributed by atoms with Crippen molar-refractivity contribution in [2.24, 2.45) is 0 Å². The number of hydrogen-bond donors (Lipinski definition) is 2. The van der Waals surface area contributed by atoms with Crippen molar-refractivity contribution in [3.63, 3.8) is 0 Å². The summed E-state index contributed by atoms with van der Waals surface area (Å²) in [5.74, 6) is -1.02. The van der Waals surface area contributed by atoms with Crippen LogP contribution in [0.1, 0.15) is 60.3 Å². The number of aromatic nitrogens is 3. The summed E-state index contributed by atoms with van der Waals surface area (Å²) in [5.41, 5.74) is -0.107. The minimum absolute atomic E-state index is 0.0868. The summed E-state index contributed by atoms with van der Waals surface area (Å²) in [6.07, 6.45) is 8.01. The fourth-order valence-electron chi connectivity index (χ4n) is 3.21. The number of aliphatic carboxylic acids is 1. The predicted molar refractivity (Wildman–Crippen MR) is 88.1 cm³/mol. The zero-order valence-corrected chi connectivity index (χ0v) is 14.2. The lowest BCUT2D eigenvalue weighted by atomic mass is 9.90. The monoisotopic (exact) mass is 346 g/mol. The molecule has 2 N–H and O–H groups in total. The maximum Gasteiger partial charge on any atom is 0.329 e. The van der Waals surface area contributed by atoms with Crippen LogP contribution in [0.2, 0.25) is 0 Å². The van der Waals surface area contributed by atoms with E-state index >= 15 is 0 Å². The standard InChI is InChI=1S/C17H22N4O4/c1-12-9-18-21(10-12)11-13-8-14(20-25-13)15(22)19-17(16(23)24)6-4-2-3-5-7-17/h8-10H,2-7,11H2,1H3,(H,19,22)(H,23,24). The summed E-state index contributed by atoms with van der Waals surface area (Å²) in [5, 5.41) is 20.3. The molecule has 1 aliphatic rings. The molecule has 0 aliphatic heterocycles. The first-order valence-corrected chi connectivity index (χ1v) is 8.49. The second kappa shape index (κ2) is 7.08. The van der Waals surface area contributed by atoms with E-state index < -0.39 is 17.4 Å². The van der Waals surface area contributed by atoms with E-state index in [2.05, 4.69) is 15.6 Å². The van der Waals surface area contributed by atoms with Gasteiger partial charge in [-0.15, -0.1) is 0 Å². The Labute approximate surface area is 145 Å². The van der Waals surface area contributed by atoms with Gasteiger partial charge in [-0.2, -0.15) is 5.10 Å². The van der Waals surface area contributed by atoms with Gasteiger partial charge < -0.3 is 14.9 Å². The van der Waals surface area contributed by atoms with Gasteiger partial charge in [0.1, 0.15) is 12.1 Å². The van der Waals surface area contributed by atoms with Crippen molar-refractivity contribution in [1.29, 1.82) is 0 Å². The Morgan fingerprint density at radius 1 is 1.32 bits per heavy atom. The van der Waals surface area contributed by atoms with E-state index in [0.717, 1.165) is 31.2 Å². The molecule has 8 nitrogen and oxygen atoms in total. The van der Waals surface area contributed by atoms with Crippen molar-refractivity contribution >= 4 is 11.9 Å². The van der Waals surface area contributed by atoms with Gasteiger partial charge in [0, 0.05) is 12.3 Å². The predicted octanol–water partition coefficient (Wildman–Crippen LogP) is 2.14. The number of nitrogens with zero attached hydrogens (tertiary/aromatic N) is 3. The molecule has 0 bridgehead atoms. The first kappa shape index (κ1) is 17.2. The Morgan fingerprint density at radius 2 is 2.04 bits per heavy atom. The quantitative estimate of drug-likeness (QED) is 0.803. The van der Waals surface area contributed by atoms with Crippen molar-refractivity contribution in [2.75, 3.05) is 0 Å². The van der Waals surface area contributed by atoms with Crippen molar-refractivity contribution in [1.82, 2.24) is 20.3 Å². The van der Waals surface area contributed by atoms with Gasteiger partial charge in [-0.25, -0.2) is 4.79 Å². The van der Waals surface area contributed by atoms with Crippen molar-refractivity contribution in [3.8, 4) is 0 Å². The average molecular weight is 346 g/mol. The molecular formula is C17H22N4O4. The van der Waals surface area contributed by atoms with Crippen LogP contribution in [0.4, 0.5) is 0 Å². The minimum Gasteiger partial charge on any atom is -0.480 e. The van der Waals surface area contributed by atoms with E-state index in [1.54, 1.807) is 10.9 Å². The third-order valence-electron chi connectivity index (χ3n) is 4.59. The number of carboxylic acids is 1. The van der Waals surface area contributed by atoms with Crippen molar-refractivity contribution in [3.05, 3.63) is 35.5 Å². The fraction of sp³-hybridized carbons (Fsp3) is 0.529. The Morgan fingerprint density at radius 3 is 2.64 bits per heavy atom. The summed E-state index contributed by atoms with van der Waals surface area (Å²) in [4.78, 5) is 24.3. The fourth-order valence-corrected chi connectivity index (χ4v) is 3.21. The van der Waals surface area contributed by atoms with Crippen LogP contribution in [0.25, 0.3) is 0 Å². The van der Waals surface area contributed by atoms with Gasteiger partial charge in [0.25, 0.3) is 5.91 Å². The van der Waals surface area contributed by atoms with E-state index in [9.17, 15) is 14.7 Å². The molecule has 0 spiro atoms. The molecule has 0 unspecified atom stereocenters. The molecule has 134 valence electrons. The highest BCUT2D eigenvalue weighted by Gasteiger charge is 2.40. The van der Waals surface area contributed by atoms with Gasteiger partial charge in [-0.3, -0.25) is 9.48 Å². The van der Waals surface area contributed by atoms with E-state index in [4.69, 9.17) is 4.52 Å². The summed E-state index contributed by atoms with van der Waals surface area (Å²) in [6, 6.07) is 1.53. The van der Waals surface area contributed by atoms with Crippen LogP contribution in [-0.4, -0.2) is 37.5 Å². The molecule has 8 heteroatoms. The van der Waals surface area contributed by atoms with Crippen LogP contribution in [0, 0.1) is 6.92 Å². The number of hydrogen-bond acceptors (Lipinski definition) is 5. The lowest BCUT2D eigenvalue weighted by Gasteiger charge is -2.28. The van der Waals surface area contributed by atoms with Crippen molar-refractivity contribution < 1.29 is 19.2 Å². The largest absolute Gasteiger partial charge is 0.480 e. The summed E-state index contributed by atoms with van der Waals surface area (Å²) in [6.45, 7) is 2.29. The maximum absolute atomic E-state index is 12.5. The van der Waals surface area contributed by atoms with Gasteiger partial charge in [-0.1, -0.05) is 30.8 Å². The topological polar surface area (TPSA) is 110 Å². The summed E-state index contributed by atoms with van der Waals surface area (Å²) >= 11 is 0. The number of aryl methyl sites for hydroxylation is 1. The third-order valence-corrected chi connectivity index (χ3v) is 4.59. The number of rotatable bonds is 5. The first-order valence-electron chi connectivity index (χ1n) is 8.49. The van der Waals surface area contributed by atoms with E-state index in [1.165, 1.54) is 6.07 Å². The molecule has 1 aliphatic carbocycles. The zero-order valence-electron chi connectivity index (χ0n) is 14.2. The Bertz CT molecular complexity index is 756. The van der Waals surface area contributed by atoms with Gasteiger partial charge >= 0.3 is 5.97 Å². The minimum atomic E-state index is -1.22. The molecule has 1 fully saturated rings. The van der Waals surface area contributed by atoms with E-state index in [-0.39, 0.29) is 5.69 Å². The Hall–Kier alpha value is -2.64. The Kier molecular flexibility index (Phi) is 4.87. The van der Waals surface area contributed by atoms with Crippen LogP contribution >= 0.6 is 0 Å². The number of nitrogens with one attached hydrogen (secondary N) is 1. The first-order chi connectivity index (χ1) is 12.0. The molecule has 0 radical (unpaired) electrons. The highest BCUT2D eigenvalue weighted by atomic mass is 16.5. The van der Waals surface area contributed by atoms with Crippen LogP contribution in [0.3, 0.4) is 0 Å². The maximum atomic E-state index is 12.5. The van der Waals surface area contributed by atoms with Gasteiger partial charge in [-0.05, 0) is 25.3 Å². The van der Waals surface area contributed by atoms with E-state index in [1.807, 2.05) is 13.1 Å². The summed E-state index contributed by atoms with van der Waals surface area (Å²) in [7, 11) is 0. The number of carboxylic acid groups (broad SMARTS) is 1. The summed E-state index contributed by atoms with van der Waals surface area (Å²) < 4.78 is 6.87. The van der Waals surface area contributed by atoms with Gasteiger partial charge in [0.15, 0.2) is 11.5 Å². The van der Waals surface area contributed by atoms with Gasteiger partial charge in [0.05, 0.1) is 6.20 Å². The molecule has 0 saturated heterocycles. The number of amides is 1. The molecule has 25 heavy (non-hydrogen) atoms. The zero-order chi connectivity index (χ0) is 17.9. The Balaban J connectivity index is 1.70. The second-order valence-electron chi connectivity index (χ2n) is 6.65. The highest BCUT2D eigenvalue weighted by molar-refractivity contribution is 5.96. The van der Waals surface area contributed by atoms with Crippen LogP contribution in [0.15, 0.2) is 23.0 Å². The molecular weight excluding hydrogens is 324 g/mol. The second-order valence-corrected chi connectivity index (χ2v) is 6.65. The molecule has 0 aromatic carbocycles. The smallest absolute Gasteiger partial charge is 0.329 e. The third kappa shape index (κ3) is 3.89. The van der Waals surface area contributed by atoms with E-state index in [0.29, 0.717) is 25.1 Å². The number of carbonyl (C=O) groups excluding carboxylic acids is 1. The molecule has 0 atom stereocenters. The number of carbonyl (C=O) groups is 2. The lowest BCUT2D eigenvalue weighted by molar-refractivity contribution is -0.145.